The average Bonchev–Trinajstić information content (AvgIpc) is 2.15. The number of halogens is 2. The van der Waals surface area contributed by atoms with Crippen molar-refractivity contribution in [3.05, 3.63) is 30.3 Å². The van der Waals surface area contributed by atoms with Crippen molar-refractivity contribution >= 4 is 38.6 Å². The molecule has 0 N–H and O–H groups in total. The van der Waals surface area contributed by atoms with Gasteiger partial charge in [-0.1, -0.05) is 34.1 Å². The first kappa shape index (κ1) is 13.0. The number of anilines is 1. The predicted octanol–water partition coefficient (Wildman–Crippen LogP) is 3.49. The van der Waals surface area contributed by atoms with Crippen LogP contribution in [0.1, 0.15) is 6.42 Å². The highest BCUT2D eigenvalue weighted by Crippen LogP contribution is 2.10. The van der Waals surface area contributed by atoms with Gasteiger partial charge in [0, 0.05) is 24.6 Å². The number of alkyl halides is 1. The van der Waals surface area contributed by atoms with Gasteiger partial charge in [-0.05, 0) is 18.6 Å². The molecule has 0 radical (unpaired) electrons. The van der Waals surface area contributed by atoms with Gasteiger partial charge < -0.3 is 4.90 Å². The molecular formula is C10H15Br2N. The lowest BCUT2D eigenvalue weighted by molar-refractivity contribution is 0.863. The molecule has 0 fully saturated rings. The Kier molecular flexibility index (Phi) is 7.38. The Bertz CT molecular complexity index is 213. The summed E-state index contributed by atoms with van der Waals surface area (Å²) in [6.45, 7) is 1.11. The molecule has 0 spiro atoms. The van der Waals surface area contributed by atoms with Gasteiger partial charge in [0.1, 0.15) is 0 Å². The molecule has 0 saturated heterocycles. The van der Waals surface area contributed by atoms with Crippen LogP contribution in [0.5, 0.6) is 0 Å². The Morgan fingerprint density at radius 2 is 1.85 bits per heavy atom. The van der Waals surface area contributed by atoms with Gasteiger partial charge in [0.25, 0.3) is 0 Å². The molecule has 1 aromatic rings. The van der Waals surface area contributed by atoms with E-state index in [9.17, 15) is 0 Å². The lowest BCUT2D eigenvalue weighted by Gasteiger charge is -2.18. The Morgan fingerprint density at radius 3 is 2.38 bits per heavy atom. The molecule has 0 aliphatic heterocycles. The van der Waals surface area contributed by atoms with Crippen LogP contribution in [0.3, 0.4) is 0 Å². The molecule has 0 saturated carbocycles. The molecule has 1 nitrogen and oxygen atoms in total. The second kappa shape index (κ2) is 7.39. The average molecular weight is 309 g/mol. The summed E-state index contributed by atoms with van der Waals surface area (Å²) in [6, 6.07) is 10.4. The smallest absolute Gasteiger partial charge is 0.0363 e. The summed E-state index contributed by atoms with van der Waals surface area (Å²) < 4.78 is 0. The molecule has 74 valence electrons. The van der Waals surface area contributed by atoms with E-state index in [0.29, 0.717) is 0 Å². The lowest BCUT2D eigenvalue weighted by atomic mass is 10.3. The fourth-order valence-electron chi connectivity index (χ4n) is 1.11. The van der Waals surface area contributed by atoms with E-state index in [2.05, 4.69) is 52.1 Å². The van der Waals surface area contributed by atoms with Crippen molar-refractivity contribution in [2.45, 2.75) is 6.42 Å². The van der Waals surface area contributed by atoms with Crippen LogP contribution in [-0.4, -0.2) is 18.9 Å². The van der Waals surface area contributed by atoms with Crippen molar-refractivity contribution in [3.63, 3.8) is 0 Å². The Balaban J connectivity index is 0.00000144. The molecule has 13 heavy (non-hydrogen) atoms. The maximum atomic E-state index is 3.42. The van der Waals surface area contributed by atoms with Crippen molar-refractivity contribution in [1.29, 1.82) is 0 Å². The van der Waals surface area contributed by atoms with E-state index in [0.717, 1.165) is 11.9 Å². The van der Waals surface area contributed by atoms with Crippen molar-refractivity contribution < 1.29 is 0 Å². The number of hydrogen-bond donors (Lipinski definition) is 0. The third-order valence-corrected chi connectivity index (χ3v) is 2.38. The molecule has 0 unspecified atom stereocenters. The third-order valence-electron chi connectivity index (χ3n) is 1.82. The molecule has 0 atom stereocenters. The summed E-state index contributed by atoms with van der Waals surface area (Å²) in [4.78, 5) is 2.27. The predicted molar refractivity (Wildman–Crippen MR) is 68.4 cm³/mol. The minimum Gasteiger partial charge on any atom is -0.375 e. The summed E-state index contributed by atoms with van der Waals surface area (Å²) in [7, 11) is 2.12. The standard InChI is InChI=1S/C10H14BrN.BrH/c1-12(9-5-8-11)10-6-3-2-4-7-10;/h2-4,6-7H,5,8-9H2,1H3;1H. The Labute approximate surface area is 99.0 Å². The molecule has 3 heteroatoms. The molecule has 1 aromatic carbocycles. The highest BCUT2D eigenvalue weighted by molar-refractivity contribution is 9.09. The summed E-state index contributed by atoms with van der Waals surface area (Å²) in [6.07, 6.45) is 1.19. The summed E-state index contributed by atoms with van der Waals surface area (Å²) in [5, 5.41) is 1.07. The van der Waals surface area contributed by atoms with Gasteiger partial charge in [-0.15, -0.1) is 17.0 Å². The van der Waals surface area contributed by atoms with Crippen LogP contribution in [0, 0.1) is 0 Å². The zero-order chi connectivity index (χ0) is 8.81. The van der Waals surface area contributed by atoms with Gasteiger partial charge >= 0.3 is 0 Å². The maximum Gasteiger partial charge on any atom is 0.0363 e. The van der Waals surface area contributed by atoms with E-state index in [4.69, 9.17) is 0 Å². The van der Waals surface area contributed by atoms with E-state index in [-0.39, 0.29) is 17.0 Å². The SMILES string of the molecule is Br.CN(CCCBr)c1ccccc1. The monoisotopic (exact) mass is 307 g/mol. The molecule has 0 heterocycles. The van der Waals surface area contributed by atoms with Crippen LogP contribution in [0.4, 0.5) is 5.69 Å². The van der Waals surface area contributed by atoms with Crippen LogP contribution in [0.15, 0.2) is 30.3 Å². The first-order chi connectivity index (χ1) is 5.84. The van der Waals surface area contributed by atoms with Gasteiger partial charge in [-0.3, -0.25) is 0 Å². The minimum atomic E-state index is 0. The van der Waals surface area contributed by atoms with Crippen LogP contribution < -0.4 is 4.90 Å². The fourth-order valence-corrected chi connectivity index (χ4v) is 1.36. The number of nitrogens with zero attached hydrogens (tertiary/aromatic N) is 1. The summed E-state index contributed by atoms with van der Waals surface area (Å²) >= 11 is 3.42. The molecule has 0 aliphatic rings. The molecule has 0 bridgehead atoms. The van der Waals surface area contributed by atoms with Gasteiger partial charge in [0.05, 0.1) is 0 Å². The second-order valence-corrected chi connectivity index (χ2v) is 3.59. The first-order valence-electron chi connectivity index (χ1n) is 4.16. The Hall–Kier alpha value is -0.0200. The fraction of sp³-hybridized carbons (Fsp3) is 0.400. The maximum absolute atomic E-state index is 3.42. The zero-order valence-electron chi connectivity index (χ0n) is 7.74. The normalized spacial score (nSPS) is 9.08. The molecule has 0 aromatic heterocycles. The van der Waals surface area contributed by atoms with Crippen LogP contribution in [0.25, 0.3) is 0 Å². The first-order valence-corrected chi connectivity index (χ1v) is 5.29. The van der Waals surface area contributed by atoms with Crippen molar-refractivity contribution in [3.8, 4) is 0 Å². The van der Waals surface area contributed by atoms with Crippen molar-refractivity contribution in [2.24, 2.45) is 0 Å². The molecule has 0 aliphatic carbocycles. The van der Waals surface area contributed by atoms with Gasteiger partial charge in [-0.25, -0.2) is 0 Å². The molecular weight excluding hydrogens is 294 g/mol. The van der Waals surface area contributed by atoms with Crippen LogP contribution in [0.2, 0.25) is 0 Å². The van der Waals surface area contributed by atoms with Crippen molar-refractivity contribution in [2.75, 3.05) is 23.8 Å². The van der Waals surface area contributed by atoms with Gasteiger partial charge in [-0.2, -0.15) is 0 Å². The minimum absolute atomic E-state index is 0. The number of hydrogen-bond acceptors (Lipinski definition) is 1. The lowest BCUT2D eigenvalue weighted by Crippen LogP contribution is -2.18. The Morgan fingerprint density at radius 1 is 1.23 bits per heavy atom. The molecule has 1 rings (SSSR count). The highest BCUT2D eigenvalue weighted by Gasteiger charge is 1.96. The van der Waals surface area contributed by atoms with E-state index in [1.807, 2.05) is 6.07 Å². The van der Waals surface area contributed by atoms with Crippen LogP contribution >= 0.6 is 32.9 Å². The quantitative estimate of drug-likeness (QED) is 0.770. The summed E-state index contributed by atoms with van der Waals surface area (Å²) in [5.41, 5.74) is 1.29. The second-order valence-electron chi connectivity index (χ2n) is 2.80. The van der Waals surface area contributed by atoms with E-state index >= 15 is 0 Å². The largest absolute Gasteiger partial charge is 0.375 e. The number of para-hydroxylation sites is 1. The zero-order valence-corrected chi connectivity index (χ0v) is 11.0. The third kappa shape index (κ3) is 4.67. The van der Waals surface area contributed by atoms with E-state index in [1.54, 1.807) is 0 Å². The number of benzene rings is 1. The van der Waals surface area contributed by atoms with E-state index < -0.39 is 0 Å². The topological polar surface area (TPSA) is 3.24 Å². The summed E-state index contributed by atoms with van der Waals surface area (Å²) in [5.74, 6) is 0. The highest BCUT2D eigenvalue weighted by atomic mass is 79.9. The van der Waals surface area contributed by atoms with Crippen molar-refractivity contribution in [1.82, 2.24) is 0 Å². The van der Waals surface area contributed by atoms with Gasteiger partial charge in [0.15, 0.2) is 0 Å². The van der Waals surface area contributed by atoms with Gasteiger partial charge in [0.2, 0.25) is 0 Å². The number of rotatable bonds is 4. The van der Waals surface area contributed by atoms with Crippen LogP contribution in [-0.2, 0) is 0 Å². The molecule has 0 amide bonds. The van der Waals surface area contributed by atoms with E-state index in [1.165, 1.54) is 12.1 Å².